The van der Waals surface area contributed by atoms with Crippen LogP contribution in [0, 0.1) is 17.8 Å². The summed E-state index contributed by atoms with van der Waals surface area (Å²) in [5, 5.41) is 0. The molecule has 0 aliphatic carbocycles. The van der Waals surface area contributed by atoms with E-state index in [1.54, 1.807) is 0 Å². The molecular weight excluding hydrogens is 1570 g/mol. The first-order valence-corrected chi connectivity index (χ1v) is 44.4. The van der Waals surface area contributed by atoms with Crippen molar-refractivity contribution in [2.24, 2.45) is 17.8 Å². The highest BCUT2D eigenvalue weighted by Crippen LogP contribution is 2.38. The molecule has 0 spiro atoms. The van der Waals surface area contributed by atoms with Crippen LogP contribution < -0.4 is 0 Å². The summed E-state index contributed by atoms with van der Waals surface area (Å²) in [4.78, 5) is 136. The lowest BCUT2D eigenvalue weighted by atomic mass is 9.87. The van der Waals surface area contributed by atoms with E-state index in [2.05, 4.69) is 150 Å². The molecular formula is C99H142O24. The lowest BCUT2D eigenvalue weighted by Crippen LogP contribution is -2.37. The number of carbonyl (C=O) groups excluding carboxylic acids is 15. The number of fused-ring (bicyclic) bond motifs is 12. The molecule has 123 heavy (non-hydrogen) atoms. The average molecular weight is 1720 g/mol. The predicted octanol–water partition coefficient (Wildman–Crippen LogP) is 19.6. The molecule has 9 heterocycles. The van der Waals surface area contributed by atoms with Crippen LogP contribution in [-0.2, 0) is 115 Å². The van der Waals surface area contributed by atoms with Gasteiger partial charge in [0.2, 0.25) is 0 Å². The zero-order valence-corrected chi connectivity index (χ0v) is 75.3. The van der Waals surface area contributed by atoms with Gasteiger partial charge in [0.15, 0.2) is 0 Å². The van der Waals surface area contributed by atoms with Crippen molar-refractivity contribution in [3.05, 3.63) is 155 Å². The third kappa shape index (κ3) is 53.8. The Hall–Kier alpha value is -8.93. The third-order valence-electron chi connectivity index (χ3n) is 23.1. The van der Waals surface area contributed by atoms with Crippen molar-refractivity contribution in [2.45, 2.75) is 393 Å². The number of cyclic esters (lactones) is 3. The van der Waals surface area contributed by atoms with E-state index in [1.807, 2.05) is 54.7 Å². The quantitative estimate of drug-likeness (QED) is 0.0758. The Kier molecular flexibility index (Phi) is 65.0. The van der Waals surface area contributed by atoms with Gasteiger partial charge >= 0.3 is 54.8 Å². The van der Waals surface area contributed by atoms with Crippen molar-refractivity contribution >= 4 is 54.8 Å². The molecule has 0 aromatic heterocycles. The molecule has 24 heteroatoms. The van der Waals surface area contributed by atoms with E-state index in [4.69, 9.17) is 100 Å². The zero-order chi connectivity index (χ0) is 91.4. The molecule has 682 valence electrons. The Labute approximate surface area is 731 Å². The molecule has 0 saturated carbocycles. The molecule has 18 unspecified atom stereocenters. The Morgan fingerprint density at radius 3 is 1.00 bits per heavy atom. The second kappa shape index (κ2) is 71.4. The van der Waals surface area contributed by atoms with Crippen LogP contribution in [0.1, 0.15) is 301 Å². The highest BCUT2D eigenvalue weighted by Gasteiger charge is 2.37. The fourth-order valence-electron chi connectivity index (χ4n) is 16.2. The summed E-state index contributed by atoms with van der Waals surface area (Å²) < 4.78 is 56.8. The topological polar surface area (TPSA) is 339 Å². The SMILES string of the molecule is C/C=C1\CC2CC(=O)OC(/C=C/C=C\C=C(/C)CC)C(C)CCC(C)CC3CCCC(CC(C1)O2)O3.C/C=C1\CC2CC(=O)OC(/C=C/C=C\C=C(/C)CC)C(C)CCCCC3CCCC(CC(C1)O2)O3.C/C=C1\CC2CC(=O)OC(/C=C/C=C\C=C(/C)CC)C/C=C/CCC3CCCC(CC(C1)O2)O3.O=C=O.O=C=O.O=C=O.O=C=O.O=C=O.O=C=O. The summed E-state index contributed by atoms with van der Waals surface area (Å²) >= 11 is 0. The number of rotatable bonds is 12. The van der Waals surface area contributed by atoms with Crippen LogP contribution in [0.15, 0.2) is 155 Å². The minimum atomic E-state index is -0.270. The molecule has 12 bridgehead atoms. The number of ether oxygens (including phenoxy) is 9. The largest absolute Gasteiger partial charge is 0.458 e. The van der Waals surface area contributed by atoms with Gasteiger partial charge in [0.25, 0.3) is 0 Å². The van der Waals surface area contributed by atoms with E-state index >= 15 is 0 Å². The summed E-state index contributed by atoms with van der Waals surface area (Å²) in [5.41, 5.74) is 8.18. The van der Waals surface area contributed by atoms with Crippen molar-refractivity contribution < 1.29 is 115 Å². The second-order valence-electron chi connectivity index (χ2n) is 32.7. The molecule has 18 atom stereocenters. The zero-order valence-electron chi connectivity index (χ0n) is 75.3. The molecule has 8 saturated heterocycles. The second-order valence-corrected chi connectivity index (χ2v) is 32.7. The van der Waals surface area contributed by atoms with E-state index in [0.717, 1.165) is 161 Å². The standard InChI is InChI=1S/C32H50O4.C31H48O4.C30H44O4.6CO2/c1-6-23(3)12-9-8-10-15-31-25(5)17-16-24(4)18-27-13-11-14-28(34-27)21-29-19-26(7-2)20-30(35-29)22-32(33)36-31;1-5-23(3)13-8-7-9-18-30-24(4)14-10-11-15-26-16-12-17-27(33-26)21-28-19-25(6-2)20-29(34-28)22-31(32)35-30;1-4-23(3)13-8-6-9-15-26-16-11-7-10-14-25-17-12-18-27(32-25)21-28-19-24(5-2)20-29(33-28)22-30(31)34-26;6*2-1-3/h7-10,12,15,24-25,27-31H,6,11,13-14,16-22H2,1-5H3;6-9,13,18,24,26-30H,5,10-12,14-17,19-22H2,1-4H3;5-9,11,13,15,25-29H,4,10,12,14,16-22H2,1-3H3;;;;;;/b9-8-,15-10+,23-12+,26-7-;8-7-,18-9+,23-13+,25-6-;8-6-,11-7+,15-9+,23-13+,24-5-;;;;;;. The maximum atomic E-state index is 13.1. The van der Waals surface area contributed by atoms with Crippen LogP contribution in [0.2, 0.25) is 0 Å². The Bertz CT molecular complexity index is 3540. The van der Waals surface area contributed by atoms with Gasteiger partial charge in [-0.25, -0.2) is 0 Å². The van der Waals surface area contributed by atoms with Crippen LogP contribution in [0.3, 0.4) is 0 Å². The van der Waals surface area contributed by atoms with E-state index in [9.17, 15) is 14.4 Å². The van der Waals surface area contributed by atoms with Gasteiger partial charge in [-0.1, -0.05) is 198 Å². The molecule has 0 aromatic carbocycles. The van der Waals surface area contributed by atoms with E-state index < -0.39 is 0 Å². The summed E-state index contributed by atoms with van der Waals surface area (Å²) in [5.74, 6) is 0.632. The van der Waals surface area contributed by atoms with Gasteiger partial charge < -0.3 is 42.6 Å². The normalized spacial score (nSPS) is 30.8. The van der Waals surface area contributed by atoms with Crippen molar-refractivity contribution in [2.75, 3.05) is 0 Å². The van der Waals surface area contributed by atoms with Crippen molar-refractivity contribution in [3.8, 4) is 0 Å². The van der Waals surface area contributed by atoms with Gasteiger partial charge in [0, 0.05) is 25.7 Å². The average Bonchev–Trinajstić information content (AvgIpc) is 0.851. The Morgan fingerprint density at radius 1 is 0.325 bits per heavy atom. The van der Waals surface area contributed by atoms with E-state index in [0.29, 0.717) is 49.9 Å². The Morgan fingerprint density at radius 2 is 0.626 bits per heavy atom. The van der Waals surface area contributed by atoms with Crippen LogP contribution in [-0.4, -0.2) is 146 Å². The third-order valence-corrected chi connectivity index (χ3v) is 23.1. The summed E-state index contributed by atoms with van der Waals surface area (Å²) in [7, 11) is 0. The Balaban J connectivity index is 0.000000837. The molecule has 0 radical (unpaired) electrons. The fraction of sp³-hybridized carbons (Fsp3) is 0.646. The molecule has 0 aromatic rings. The van der Waals surface area contributed by atoms with Crippen LogP contribution in [0.25, 0.3) is 0 Å². The molecule has 24 nitrogen and oxygen atoms in total. The molecule has 9 aliphatic rings. The van der Waals surface area contributed by atoms with Crippen LogP contribution >= 0.6 is 0 Å². The predicted molar refractivity (Wildman–Crippen MR) is 460 cm³/mol. The van der Waals surface area contributed by atoms with Gasteiger partial charge in [-0.3, -0.25) is 14.4 Å². The number of esters is 3. The maximum Gasteiger partial charge on any atom is 0.373 e. The fourth-order valence-corrected chi connectivity index (χ4v) is 16.2. The van der Waals surface area contributed by atoms with E-state index in [1.165, 1.54) is 65.5 Å². The first-order chi connectivity index (χ1) is 59.4. The highest BCUT2D eigenvalue weighted by molar-refractivity contribution is 5.71. The first-order valence-electron chi connectivity index (χ1n) is 44.4. The summed E-state index contributed by atoms with van der Waals surface area (Å²) in [6.45, 7) is 25.9. The first kappa shape index (κ1) is 112. The highest BCUT2D eigenvalue weighted by atomic mass is 16.6. The molecule has 0 amide bonds. The summed E-state index contributed by atoms with van der Waals surface area (Å²) in [6, 6.07) is 0. The minimum absolute atomic E-state index is 0.110. The molecule has 9 rings (SSSR count). The van der Waals surface area contributed by atoms with Crippen LogP contribution in [0.4, 0.5) is 0 Å². The lowest BCUT2D eigenvalue weighted by molar-refractivity contribution is -0.193. The monoisotopic (exact) mass is 1710 g/mol. The van der Waals surface area contributed by atoms with E-state index in [-0.39, 0.29) is 140 Å². The van der Waals surface area contributed by atoms with Crippen molar-refractivity contribution in [1.29, 1.82) is 0 Å². The number of allylic oxidation sites excluding steroid dienone is 19. The smallest absolute Gasteiger partial charge is 0.373 e. The summed E-state index contributed by atoms with van der Waals surface area (Å²) in [6.07, 6.45) is 77.6. The lowest BCUT2D eigenvalue weighted by Gasteiger charge is -2.37. The maximum absolute atomic E-state index is 13.1. The molecule has 0 N–H and O–H groups in total. The molecule has 9 aliphatic heterocycles. The minimum Gasteiger partial charge on any atom is -0.458 e. The number of carbonyl (C=O) groups is 3. The van der Waals surface area contributed by atoms with Crippen LogP contribution in [0.5, 0.6) is 0 Å². The van der Waals surface area contributed by atoms with Crippen molar-refractivity contribution in [1.82, 2.24) is 0 Å². The van der Waals surface area contributed by atoms with Gasteiger partial charge in [-0.05, 0) is 232 Å². The van der Waals surface area contributed by atoms with Gasteiger partial charge in [0.05, 0.1) is 92.5 Å². The number of hydrogen-bond acceptors (Lipinski definition) is 24. The van der Waals surface area contributed by atoms with Crippen molar-refractivity contribution in [3.63, 3.8) is 0 Å². The van der Waals surface area contributed by atoms with Gasteiger partial charge in [0.1, 0.15) is 18.3 Å². The van der Waals surface area contributed by atoms with Gasteiger partial charge in [-0.2, -0.15) is 57.5 Å². The molecule has 8 fully saturated rings. The van der Waals surface area contributed by atoms with Gasteiger partial charge in [-0.15, -0.1) is 0 Å². The number of hydrogen-bond donors (Lipinski definition) is 0.